The van der Waals surface area contributed by atoms with Gasteiger partial charge in [-0.1, -0.05) is 26.7 Å². The first kappa shape index (κ1) is 27.4. The molecule has 0 amide bonds. The van der Waals surface area contributed by atoms with Crippen LogP contribution in [0.25, 0.3) is 21.9 Å². The van der Waals surface area contributed by atoms with Gasteiger partial charge >= 0.3 is 11.3 Å². The van der Waals surface area contributed by atoms with E-state index < -0.39 is 0 Å². The Balaban J connectivity index is 1.25. The summed E-state index contributed by atoms with van der Waals surface area (Å²) in [5.41, 5.74) is 1.43. The van der Waals surface area contributed by atoms with Gasteiger partial charge in [-0.05, 0) is 49.2 Å². The molecule has 38 heavy (non-hydrogen) atoms. The van der Waals surface area contributed by atoms with E-state index in [1.54, 1.807) is 12.1 Å². The van der Waals surface area contributed by atoms with Crippen molar-refractivity contribution >= 4 is 21.9 Å². The maximum Gasteiger partial charge on any atom is 0.340 e. The van der Waals surface area contributed by atoms with Gasteiger partial charge in [0.2, 0.25) is 0 Å². The van der Waals surface area contributed by atoms with E-state index in [1.807, 2.05) is 36.4 Å². The molecule has 202 valence electrons. The quantitative estimate of drug-likeness (QED) is 0.164. The van der Waals surface area contributed by atoms with E-state index in [1.165, 1.54) is 0 Å². The Hall–Kier alpha value is -3.62. The van der Waals surface area contributed by atoms with Crippen molar-refractivity contribution in [1.29, 1.82) is 0 Å². The number of hydrogen-bond acceptors (Lipinski definition) is 8. The molecule has 2 N–H and O–H groups in total. The van der Waals surface area contributed by atoms with Gasteiger partial charge < -0.3 is 28.9 Å². The summed E-state index contributed by atoms with van der Waals surface area (Å²) in [6, 6.07) is 14.8. The molecule has 0 saturated heterocycles. The van der Waals surface area contributed by atoms with Crippen molar-refractivity contribution in [3.63, 3.8) is 0 Å². The lowest BCUT2D eigenvalue weighted by molar-refractivity contribution is 0.309. The third-order valence-electron chi connectivity index (χ3n) is 6.20. The predicted molar refractivity (Wildman–Crippen MR) is 149 cm³/mol. The molecule has 4 rings (SSSR count). The van der Waals surface area contributed by atoms with Crippen molar-refractivity contribution in [3.8, 4) is 11.5 Å². The zero-order valence-corrected chi connectivity index (χ0v) is 22.1. The van der Waals surface area contributed by atoms with Gasteiger partial charge in [0, 0.05) is 49.1 Å². The second-order valence-electron chi connectivity index (χ2n) is 9.28. The molecule has 0 radical (unpaired) electrons. The highest BCUT2D eigenvalue weighted by atomic mass is 16.5. The van der Waals surface area contributed by atoms with E-state index in [4.69, 9.17) is 18.3 Å². The van der Waals surface area contributed by atoms with Crippen molar-refractivity contribution in [3.05, 3.63) is 80.5 Å². The largest absolute Gasteiger partial charge is 0.493 e. The number of fused-ring (bicyclic) bond motifs is 2. The minimum atomic E-state index is -0.364. The van der Waals surface area contributed by atoms with Gasteiger partial charge in [-0.2, -0.15) is 0 Å². The number of rotatable bonds is 15. The molecule has 4 aromatic rings. The van der Waals surface area contributed by atoms with Crippen molar-refractivity contribution in [1.82, 2.24) is 10.6 Å². The summed E-state index contributed by atoms with van der Waals surface area (Å²) in [7, 11) is 0. The third-order valence-corrected chi connectivity index (χ3v) is 6.20. The lowest BCUT2D eigenvalue weighted by Gasteiger charge is -2.09. The first-order chi connectivity index (χ1) is 18.6. The van der Waals surface area contributed by atoms with E-state index in [2.05, 4.69) is 24.5 Å². The van der Waals surface area contributed by atoms with Crippen LogP contribution in [-0.4, -0.2) is 26.3 Å². The molecule has 0 saturated carbocycles. The molecule has 8 nitrogen and oxygen atoms in total. The average molecular weight is 521 g/mol. The lowest BCUT2D eigenvalue weighted by atomic mass is 10.1. The van der Waals surface area contributed by atoms with Gasteiger partial charge in [0.05, 0.1) is 24.3 Å². The summed E-state index contributed by atoms with van der Waals surface area (Å²) in [6.45, 7) is 7.49. The fraction of sp³-hybridized carbons (Fsp3) is 0.400. The zero-order chi connectivity index (χ0) is 26.7. The van der Waals surface area contributed by atoms with Crippen LogP contribution in [0.2, 0.25) is 0 Å². The van der Waals surface area contributed by atoms with Crippen LogP contribution in [0.5, 0.6) is 11.5 Å². The predicted octanol–water partition coefficient (Wildman–Crippen LogP) is 5.14. The van der Waals surface area contributed by atoms with Crippen LogP contribution in [0, 0.1) is 0 Å². The van der Waals surface area contributed by atoms with Crippen LogP contribution in [-0.2, 0) is 13.1 Å². The molecule has 0 fully saturated rings. The monoisotopic (exact) mass is 520 g/mol. The second-order valence-corrected chi connectivity index (χ2v) is 9.28. The normalized spacial score (nSPS) is 11.3. The molecule has 8 heteroatoms. The molecule has 0 aliphatic rings. The third kappa shape index (κ3) is 7.46. The number of benzene rings is 2. The maximum absolute atomic E-state index is 12.4. The fourth-order valence-corrected chi connectivity index (χ4v) is 3.99. The highest BCUT2D eigenvalue weighted by Gasteiger charge is 2.08. The van der Waals surface area contributed by atoms with Crippen LogP contribution in [0.3, 0.4) is 0 Å². The molecule has 2 aromatic heterocycles. The van der Waals surface area contributed by atoms with Gasteiger partial charge in [-0.25, -0.2) is 9.59 Å². The molecule has 0 aliphatic heterocycles. The Labute approximate surface area is 221 Å². The summed E-state index contributed by atoms with van der Waals surface area (Å²) in [6.07, 6.45) is 4.08. The van der Waals surface area contributed by atoms with Crippen molar-refractivity contribution in [2.75, 3.05) is 26.3 Å². The highest BCUT2D eigenvalue weighted by Crippen LogP contribution is 2.22. The fourth-order valence-electron chi connectivity index (χ4n) is 3.99. The van der Waals surface area contributed by atoms with E-state index in [0.717, 1.165) is 36.5 Å². The second kappa shape index (κ2) is 13.8. The SMILES string of the molecule is CCCCOc1ccc2cc(CNCCNCc3cc4ccc(OCCCC)cc4oc3=O)c(=O)oc2c1. The van der Waals surface area contributed by atoms with Crippen LogP contribution >= 0.6 is 0 Å². The van der Waals surface area contributed by atoms with Gasteiger partial charge in [0.1, 0.15) is 22.7 Å². The Morgan fingerprint density at radius 2 is 1.11 bits per heavy atom. The molecular weight excluding hydrogens is 484 g/mol. The molecule has 0 aliphatic carbocycles. The number of unbranched alkanes of at least 4 members (excludes halogenated alkanes) is 2. The van der Waals surface area contributed by atoms with Crippen LogP contribution in [0.1, 0.15) is 50.7 Å². The summed E-state index contributed by atoms with van der Waals surface area (Å²) >= 11 is 0. The molecular formula is C30H36N2O6. The van der Waals surface area contributed by atoms with E-state index in [-0.39, 0.29) is 11.3 Å². The Bertz CT molecular complexity index is 1350. The van der Waals surface area contributed by atoms with Crippen LogP contribution < -0.4 is 31.4 Å². The molecule has 0 bridgehead atoms. The Morgan fingerprint density at radius 1 is 0.658 bits per heavy atom. The standard InChI is InChI=1S/C30H36N2O6/c1-3-5-13-35-25-9-7-21-15-23(29(33)37-27(21)17-25)19-31-11-12-32-20-24-16-22-8-10-26(36-14-6-4-2)18-28(22)38-30(24)34/h7-10,15-18,31-32H,3-6,11-14,19-20H2,1-2H3. The summed E-state index contributed by atoms with van der Waals surface area (Å²) in [4.78, 5) is 24.8. The van der Waals surface area contributed by atoms with Crippen molar-refractivity contribution < 1.29 is 18.3 Å². The summed E-state index contributed by atoms with van der Waals surface area (Å²) in [5.74, 6) is 1.40. The van der Waals surface area contributed by atoms with Crippen LogP contribution in [0.4, 0.5) is 0 Å². The maximum atomic E-state index is 12.4. The van der Waals surface area contributed by atoms with E-state index in [0.29, 0.717) is 73.2 Å². The van der Waals surface area contributed by atoms with Gasteiger partial charge in [-0.15, -0.1) is 0 Å². The topological polar surface area (TPSA) is 103 Å². The molecule has 2 aromatic carbocycles. The lowest BCUT2D eigenvalue weighted by Crippen LogP contribution is -2.29. The molecule has 2 heterocycles. The average Bonchev–Trinajstić information content (AvgIpc) is 2.91. The minimum absolute atomic E-state index is 0.364. The van der Waals surface area contributed by atoms with Crippen molar-refractivity contribution in [2.45, 2.75) is 52.6 Å². The van der Waals surface area contributed by atoms with Gasteiger partial charge in [-0.3, -0.25) is 0 Å². The minimum Gasteiger partial charge on any atom is -0.493 e. The number of hydrogen-bond donors (Lipinski definition) is 2. The van der Waals surface area contributed by atoms with Crippen LogP contribution in [0.15, 0.2) is 67.0 Å². The van der Waals surface area contributed by atoms with E-state index in [9.17, 15) is 9.59 Å². The van der Waals surface area contributed by atoms with Crippen molar-refractivity contribution in [2.24, 2.45) is 0 Å². The molecule has 0 spiro atoms. The first-order valence-electron chi connectivity index (χ1n) is 13.4. The zero-order valence-electron chi connectivity index (χ0n) is 22.1. The smallest absolute Gasteiger partial charge is 0.340 e. The Morgan fingerprint density at radius 3 is 1.53 bits per heavy atom. The highest BCUT2D eigenvalue weighted by molar-refractivity contribution is 5.79. The first-order valence-corrected chi connectivity index (χ1v) is 13.4. The summed E-state index contributed by atoms with van der Waals surface area (Å²) < 4.78 is 22.4. The number of ether oxygens (including phenoxy) is 2. The van der Waals surface area contributed by atoms with Gasteiger partial charge in [0.25, 0.3) is 0 Å². The van der Waals surface area contributed by atoms with Gasteiger partial charge in [0.15, 0.2) is 0 Å². The molecule has 0 unspecified atom stereocenters. The Kier molecular flexibility index (Phi) is 9.95. The molecule has 0 atom stereocenters. The summed E-state index contributed by atoms with van der Waals surface area (Å²) in [5, 5.41) is 8.20. The number of nitrogens with one attached hydrogen (secondary N) is 2. The van der Waals surface area contributed by atoms with E-state index >= 15 is 0 Å².